The molecule has 138 valence electrons. The van der Waals surface area contributed by atoms with Crippen LogP contribution in [0.4, 0.5) is 0 Å². The molecule has 2 aromatic carbocycles. The van der Waals surface area contributed by atoms with Crippen LogP contribution >= 0.6 is 15.9 Å². The van der Waals surface area contributed by atoms with E-state index in [9.17, 15) is 13.2 Å². The highest BCUT2D eigenvalue weighted by Crippen LogP contribution is 2.29. The molecule has 0 unspecified atom stereocenters. The van der Waals surface area contributed by atoms with Crippen molar-refractivity contribution in [1.82, 2.24) is 4.31 Å². The molecule has 0 aliphatic carbocycles. The van der Waals surface area contributed by atoms with Gasteiger partial charge in [-0.25, -0.2) is 8.42 Å². The zero-order valence-corrected chi connectivity index (χ0v) is 16.1. The number of nitrogens with zero attached hydrogens (tertiary/aromatic N) is 1. The van der Waals surface area contributed by atoms with E-state index >= 15 is 0 Å². The van der Waals surface area contributed by atoms with Gasteiger partial charge in [0.25, 0.3) is 5.91 Å². The third kappa shape index (κ3) is 4.07. The van der Waals surface area contributed by atoms with Gasteiger partial charge >= 0.3 is 0 Å². The summed E-state index contributed by atoms with van der Waals surface area (Å²) in [6, 6.07) is 11.1. The molecule has 1 fully saturated rings. The zero-order chi connectivity index (χ0) is 18.7. The summed E-state index contributed by atoms with van der Waals surface area (Å²) in [5, 5.41) is 0. The van der Waals surface area contributed by atoms with Crippen LogP contribution in [0, 0.1) is 0 Å². The Labute approximate surface area is 159 Å². The molecule has 1 amide bonds. The average Bonchev–Trinajstić information content (AvgIpc) is 2.64. The quantitative estimate of drug-likeness (QED) is 0.768. The molecule has 0 atom stereocenters. The topological polar surface area (TPSA) is 98.9 Å². The number of carbonyl (C=O) groups excluding carboxylic acids is 1. The third-order valence-corrected chi connectivity index (χ3v) is 6.29. The molecule has 1 aliphatic rings. The van der Waals surface area contributed by atoms with Gasteiger partial charge in [-0.1, -0.05) is 15.9 Å². The normalized spacial score (nSPS) is 15.6. The minimum atomic E-state index is -3.73. The average molecular weight is 441 g/mol. The Morgan fingerprint density at radius 2 is 1.77 bits per heavy atom. The van der Waals surface area contributed by atoms with E-state index in [1.54, 1.807) is 24.3 Å². The molecular formula is C17H17BrN2O5S. The summed E-state index contributed by atoms with van der Waals surface area (Å²) >= 11 is 3.33. The summed E-state index contributed by atoms with van der Waals surface area (Å²) in [6.07, 6.45) is 0. The fourth-order valence-corrected chi connectivity index (χ4v) is 4.22. The number of nitrogens with two attached hydrogens (primary N) is 1. The number of hydrogen-bond donors (Lipinski definition) is 1. The first-order chi connectivity index (χ1) is 12.4. The Kier molecular flexibility index (Phi) is 5.61. The van der Waals surface area contributed by atoms with E-state index in [1.807, 2.05) is 0 Å². The SMILES string of the molecule is NC(=O)c1cc(S(=O)(=O)N2CCOCC2)ccc1Oc1ccc(Br)cc1. The number of halogens is 1. The van der Waals surface area contributed by atoms with Crippen molar-refractivity contribution in [2.24, 2.45) is 5.73 Å². The highest BCUT2D eigenvalue weighted by Gasteiger charge is 2.27. The van der Waals surface area contributed by atoms with Gasteiger partial charge < -0.3 is 15.2 Å². The smallest absolute Gasteiger partial charge is 0.252 e. The molecule has 9 heteroatoms. The van der Waals surface area contributed by atoms with Crippen LogP contribution in [0.15, 0.2) is 51.8 Å². The summed E-state index contributed by atoms with van der Waals surface area (Å²) in [6.45, 7) is 1.22. The van der Waals surface area contributed by atoms with Gasteiger partial charge in [-0.2, -0.15) is 4.31 Å². The minimum Gasteiger partial charge on any atom is -0.457 e. The maximum Gasteiger partial charge on any atom is 0.252 e. The Bertz CT molecular complexity index is 909. The van der Waals surface area contributed by atoms with Gasteiger partial charge in [0.15, 0.2) is 0 Å². The van der Waals surface area contributed by atoms with Crippen LogP contribution in [0.3, 0.4) is 0 Å². The lowest BCUT2D eigenvalue weighted by Gasteiger charge is -2.26. The van der Waals surface area contributed by atoms with Gasteiger partial charge in [0.05, 0.1) is 23.7 Å². The van der Waals surface area contributed by atoms with Crippen molar-refractivity contribution in [2.75, 3.05) is 26.3 Å². The van der Waals surface area contributed by atoms with Crippen molar-refractivity contribution in [3.63, 3.8) is 0 Å². The van der Waals surface area contributed by atoms with Crippen molar-refractivity contribution in [3.8, 4) is 11.5 Å². The molecule has 7 nitrogen and oxygen atoms in total. The summed E-state index contributed by atoms with van der Waals surface area (Å²) < 4.78 is 38.6. The summed E-state index contributed by atoms with van der Waals surface area (Å²) in [7, 11) is -3.73. The Morgan fingerprint density at radius 3 is 2.38 bits per heavy atom. The van der Waals surface area contributed by atoms with Gasteiger partial charge in [-0.15, -0.1) is 0 Å². The van der Waals surface area contributed by atoms with E-state index in [2.05, 4.69) is 15.9 Å². The summed E-state index contributed by atoms with van der Waals surface area (Å²) in [4.78, 5) is 11.8. The predicted octanol–water partition coefficient (Wildman–Crippen LogP) is 2.36. The highest BCUT2D eigenvalue weighted by molar-refractivity contribution is 9.10. The number of benzene rings is 2. The van der Waals surface area contributed by atoms with Crippen LogP contribution in [0.5, 0.6) is 11.5 Å². The number of ether oxygens (including phenoxy) is 2. The number of amides is 1. The van der Waals surface area contributed by atoms with Crippen LogP contribution < -0.4 is 10.5 Å². The van der Waals surface area contributed by atoms with Gasteiger partial charge in [0, 0.05) is 17.6 Å². The molecule has 0 saturated carbocycles. The maximum absolute atomic E-state index is 12.7. The van der Waals surface area contributed by atoms with E-state index in [0.717, 1.165) is 4.47 Å². The van der Waals surface area contributed by atoms with Crippen molar-refractivity contribution >= 4 is 31.9 Å². The van der Waals surface area contributed by atoms with Gasteiger partial charge in [0.2, 0.25) is 10.0 Å². The standard InChI is InChI=1S/C17H17BrN2O5S/c18-12-1-3-13(4-2-12)25-16-6-5-14(11-15(16)17(19)21)26(22,23)20-7-9-24-10-8-20/h1-6,11H,7-10H2,(H2,19,21). The highest BCUT2D eigenvalue weighted by atomic mass is 79.9. The molecule has 1 aliphatic heterocycles. The fraction of sp³-hybridized carbons (Fsp3) is 0.235. The summed E-state index contributed by atoms with van der Waals surface area (Å²) in [5.41, 5.74) is 5.43. The van der Waals surface area contributed by atoms with Crippen molar-refractivity contribution < 1.29 is 22.7 Å². The largest absolute Gasteiger partial charge is 0.457 e. The Morgan fingerprint density at radius 1 is 1.12 bits per heavy atom. The number of rotatable bonds is 5. The lowest BCUT2D eigenvalue weighted by atomic mass is 10.2. The van der Waals surface area contributed by atoms with Gasteiger partial charge in [-0.05, 0) is 42.5 Å². The van der Waals surface area contributed by atoms with E-state index in [-0.39, 0.29) is 29.3 Å². The van der Waals surface area contributed by atoms with Crippen molar-refractivity contribution in [2.45, 2.75) is 4.90 Å². The molecule has 2 N–H and O–H groups in total. The lowest BCUT2D eigenvalue weighted by Crippen LogP contribution is -2.40. The van der Waals surface area contributed by atoms with Crippen molar-refractivity contribution in [3.05, 3.63) is 52.5 Å². The van der Waals surface area contributed by atoms with Crippen LogP contribution in [0.25, 0.3) is 0 Å². The lowest BCUT2D eigenvalue weighted by molar-refractivity contribution is 0.0730. The minimum absolute atomic E-state index is 0.00209. The van der Waals surface area contributed by atoms with E-state index < -0.39 is 15.9 Å². The zero-order valence-electron chi connectivity index (χ0n) is 13.7. The second-order valence-electron chi connectivity index (χ2n) is 5.59. The fourth-order valence-electron chi connectivity index (χ4n) is 2.52. The molecule has 0 spiro atoms. The Balaban J connectivity index is 1.93. The molecule has 1 heterocycles. The molecule has 3 rings (SSSR count). The first kappa shape index (κ1) is 18.8. The van der Waals surface area contributed by atoms with Gasteiger partial charge in [0.1, 0.15) is 11.5 Å². The number of carbonyl (C=O) groups is 1. The molecule has 26 heavy (non-hydrogen) atoms. The molecule has 2 aromatic rings. The maximum atomic E-state index is 12.7. The van der Waals surface area contributed by atoms with Crippen LogP contribution in [-0.4, -0.2) is 44.9 Å². The number of sulfonamides is 1. The van der Waals surface area contributed by atoms with E-state index in [1.165, 1.54) is 22.5 Å². The second kappa shape index (κ2) is 7.75. The Hall–Kier alpha value is -1.94. The first-order valence-electron chi connectivity index (χ1n) is 7.83. The first-order valence-corrected chi connectivity index (χ1v) is 10.1. The predicted molar refractivity (Wildman–Crippen MR) is 98.8 cm³/mol. The van der Waals surface area contributed by atoms with Gasteiger partial charge in [-0.3, -0.25) is 4.79 Å². The van der Waals surface area contributed by atoms with E-state index in [4.69, 9.17) is 15.2 Å². The summed E-state index contributed by atoms with van der Waals surface area (Å²) in [5.74, 6) is -0.0728. The second-order valence-corrected chi connectivity index (χ2v) is 8.45. The molecule has 0 aromatic heterocycles. The van der Waals surface area contributed by atoms with Crippen LogP contribution in [0.2, 0.25) is 0 Å². The molecule has 1 saturated heterocycles. The number of hydrogen-bond acceptors (Lipinski definition) is 5. The van der Waals surface area contributed by atoms with Crippen LogP contribution in [-0.2, 0) is 14.8 Å². The monoisotopic (exact) mass is 440 g/mol. The van der Waals surface area contributed by atoms with Crippen molar-refractivity contribution in [1.29, 1.82) is 0 Å². The molecule has 0 radical (unpaired) electrons. The number of morpholine rings is 1. The third-order valence-electron chi connectivity index (χ3n) is 3.87. The molecular weight excluding hydrogens is 424 g/mol. The van der Waals surface area contributed by atoms with E-state index in [0.29, 0.717) is 19.0 Å². The van der Waals surface area contributed by atoms with Crippen LogP contribution in [0.1, 0.15) is 10.4 Å². The molecule has 0 bridgehead atoms. The number of primary amides is 1.